The van der Waals surface area contributed by atoms with Crippen molar-refractivity contribution in [3.63, 3.8) is 0 Å². The summed E-state index contributed by atoms with van der Waals surface area (Å²) in [6.07, 6.45) is 0. The number of aliphatic imine (C=N–C) groups is 1. The van der Waals surface area contributed by atoms with Gasteiger partial charge < -0.3 is 21.1 Å². The number of carboxylic acids is 1. The van der Waals surface area contributed by atoms with E-state index in [4.69, 9.17) is 5.11 Å². The Morgan fingerprint density at radius 2 is 2.20 bits per heavy atom. The van der Waals surface area contributed by atoms with E-state index in [1.54, 1.807) is 24.3 Å². The predicted molar refractivity (Wildman–Crippen MR) is 77.6 cm³/mol. The summed E-state index contributed by atoms with van der Waals surface area (Å²) in [5.74, 6) is -0.831. The number of carbonyl (C=O) groups is 2. The second-order valence-corrected chi connectivity index (χ2v) is 3.94. The van der Waals surface area contributed by atoms with Gasteiger partial charge in [-0.05, 0) is 18.2 Å². The van der Waals surface area contributed by atoms with Gasteiger partial charge in [0, 0.05) is 17.8 Å². The molecule has 1 aliphatic heterocycles. The molecule has 0 radical (unpaired) electrons. The van der Waals surface area contributed by atoms with Crippen molar-refractivity contribution in [3.8, 4) is 0 Å². The molecule has 4 N–H and O–H groups in total. The van der Waals surface area contributed by atoms with Crippen LogP contribution in [0.2, 0.25) is 0 Å². The number of nitrogens with zero attached hydrogens (tertiary/aromatic N) is 1. The van der Waals surface area contributed by atoms with E-state index in [-0.39, 0.29) is 12.4 Å². The first-order valence-corrected chi connectivity index (χ1v) is 5.80. The quantitative estimate of drug-likeness (QED) is 0.640. The largest absolute Gasteiger partial charge is 0.480 e. The number of guanidine groups is 1. The van der Waals surface area contributed by atoms with Crippen LogP contribution in [0, 0.1) is 0 Å². The van der Waals surface area contributed by atoms with Crippen molar-refractivity contribution in [3.05, 3.63) is 29.8 Å². The molecule has 2 rings (SSSR count). The van der Waals surface area contributed by atoms with Gasteiger partial charge in [-0.15, -0.1) is 12.4 Å². The highest BCUT2D eigenvalue weighted by atomic mass is 35.5. The number of benzene rings is 1. The summed E-state index contributed by atoms with van der Waals surface area (Å²) < 4.78 is 0. The number of hydrogen-bond acceptors (Lipinski definition) is 5. The molecule has 0 aromatic heterocycles. The van der Waals surface area contributed by atoms with E-state index in [0.29, 0.717) is 11.5 Å². The molecule has 0 fully saturated rings. The Morgan fingerprint density at radius 1 is 1.40 bits per heavy atom. The molecule has 1 aromatic carbocycles. The van der Waals surface area contributed by atoms with Crippen LogP contribution in [0.1, 0.15) is 10.4 Å². The molecular weight excluding hydrogens is 284 g/mol. The third-order valence-electron chi connectivity index (χ3n) is 2.46. The first-order valence-electron chi connectivity index (χ1n) is 5.80. The number of aliphatic carboxylic acids is 1. The zero-order chi connectivity index (χ0) is 13.7. The van der Waals surface area contributed by atoms with Crippen molar-refractivity contribution >= 4 is 35.9 Å². The Kier molecular flexibility index (Phi) is 5.79. The van der Waals surface area contributed by atoms with Gasteiger partial charge in [-0.2, -0.15) is 0 Å². The minimum Gasteiger partial charge on any atom is -0.480 e. The Hall–Kier alpha value is -2.28. The maximum absolute atomic E-state index is 11.7. The van der Waals surface area contributed by atoms with Gasteiger partial charge in [0.15, 0.2) is 5.96 Å². The van der Waals surface area contributed by atoms with Crippen LogP contribution in [0.15, 0.2) is 29.3 Å². The molecule has 1 heterocycles. The minimum atomic E-state index is -1.08. The normalized spacial score (nSPS) is 12.7. The summed E-state index contributed by atoms with van der Waals surface area (Å²) in [5.41, 5.74) is 1.11. The van der Waals surface area contributed by atoms with Crippen molar-refractivity contribution in [1.29, 1.82) is 0 Å². The number of halogens is 1. The third-order valence-corrected chi connectivity index (χ3v) is 2.46. The average molecular weight is 299 g/mol. The summed E-state index contributed by atoms with van der Waals surface area (Å²) in [6, 6.07) is 6.77. The maximum atomic E-state index is 11.7. The lowest BCUT2D eigenvalue weighted by Crippen LogP contribution is -2.29. The fraction of sp³-hybridized carbons (Fsp3) is 0.250. The molecule has 1 aliphatic rings. The van der Waals surface area contributed by atoms with Crippen LogP contribution in [0.3, 0.4) is 0 Å². The van der Waals surface area contributed by atoms with Gasteiger partial charge in [0.05, 0.1) is 6.54 Å². The van der Waals surface area contributed by atoms with Crippen molar-refractivity contribution in [2.45, 2.75) is 0 Å². The summed E-state index contributed by atoms with van der Waals surface area (Å²) in [5, 5.41) is 16.9. The molecular formula is C12H15ClN4O3. The third kappa shape index (κ3) is 4.43. The first-order chi connectivity index (χ1) is 9.15. The SMILES string of the molecule is Cl.O=C(O)CNC(=O)c1cccc(NC2=NCCN2)c1. The van der Waals surface area contributed by atoms with E-state index < -0.39 is 18.4 Å². The molecule has 1 aromatic rings. The summed E-state index contributed by atoms with van der Waals surface area (Å²) in [4.78, 5) is 26.3. The summed E-state index contributed by atoms with van der Waals surface area (Å²) in [6.45, 7) is 1.12. The molecule has 8 heteroatoms. The number of hydrogen-bond donors (Lipinski definition) is 4. The number of amides is 1. The van der Waals surface area contributed by atoms with E-state index in [9.17, 15) is 9.59 Å². The number of anilines is 1. The Morgan fingerprint density at radius 3 is 2.85 bits per heavy atom. The van der Waals surface area contributed by atoms with Crippen LogP contribution in [0.4, 0.5) is 5.69 Å². The van der Waals surface area contributed by atoms with Crippen LogP contribution in [0.25, 0.3) is 0 Å². The van der Waals surface area contributed by atoms with E-state index in [2.05, 4.69) is 20.9 Å². The number of rotatable bonds is 4. The zero-order valence-corrected chi connectivity index (χ0v) is 11.4. The van der Waals surface area contributed by atoms with Crippen LogP contribution in [-0.2, 0) is 4.79 Å². The van der Waals surface area contributed by atoms with Gasteiger partial charge in [0.25, 0.3) is 5.91 Å². The smallest absolute Gasteiger partial charge is 0.322 e. The molecule has 0 aliphatic carbocycles. The molecule has 108 valence electrons. The van der Waals surface area contributed by atoms with Crippen LogP contribution < -0.4 is 16.0 Å². The molecule has 20 heavy (non-hydrogen) atoms. The van der Waals surface area contributed by atoms with Gasteiger partial charge in [-0.25, -0.2) is 0 Å². The monoisotopic (exact) mass is 298 g/mol. The molecule has 0 unspecified atom stereocenters. The highest BCUT2D eigenvalue weighted by Gasteiger charge is 2.09. The fourth-order valence-corrected chi connectivity index (χ4v) is 1.61. The Labute approximate surface area is 121 Å². The number of nitrogens with one attached hydrogen (secondary N) is 3. The number of carbonyl (C=O) groups excluding carboxylic acids is 1. The molecule has 7 nitrogen and oxygen atoms in total. The lowest BCUT2D eigenvalue weighted by molar-refractivity contribution is -0.135. The predicted octanol–water partition coefficient (Wildman–Crippen LogP) is 0.294. The maximum Gasteiger partial charge on any atom is 0.322 e. The summed E-state index contributed by atoms with van der Waals surface area (Å²) >= 11 is 0. The van der Waals surface area contributed by atoms with E-state index >= 15 is 0 Å². The van der Waals surface area contributed by atoms with Crippen molar-refractivity contribution < 1.29 is 14.7 Å². The second-order valence-electron chi connectivity index (χ2n) is 3.94. The number of carboxylic acid groups (broad SMARTS) is 1. The zero-order valence-electron chi connectivity index (χ0n) is 10.5. The van der Waals surface area contributed by atoms with Gasteiger partial charge in [0.2, 0.25) is 0 Å². The van der Waals surface area contributed by atoms with Gasteiger partial charge in [0.1, 0.15) is 6.54 Å². The fourth-order valence-electron chi connectivity index (χ4n) is 1.61. The van der Waals surface area contributed by atoms with Crippen molar-refractivity contribution in [2.75, 3.05) is 25.0 Å². The Bertz CT molecular complexity index is 533. The van der Waals surface area contributed by atoms with E-state index in [0.717, 1.165) is 18.8 Å². The van der Waals surface area contributed by atoms with Gasteiger partial charge in [-0.1, -0.05) is 6.07 Å². The van der Waals surface area contributed by atoms with E-state index in [1.807, 2.05) is 0 Å². The van der Waals surface area contributed by atoms with Crippen molar-refractivity contribution in [2.24, 2.45) is 4.99 Å². The van der Waals surface area contributed by atoms with Crippen LogP contribution in [-0.4, -0.2) is 42.6 Å². The molecule has 1 amide bonds. The average Bonchev–Trinajstić information content (AvgIpc) is 2.89. The standard InChI is InChI=1S/C12H14N4O3.ClH/c17-10(18)7-15-11(19)8-2-1-3-9(6-8)16-12-13-4-5-14-12;/h1-3,6H,4-5,7H2,(H,15,19)(H,17,18)(H2,13,14,16);1H. The molecule has 0 saturated carbocycles. The van der Waals surface area contributed by atoms with Crippen LogP contribution >= 0.6 is 12.4 Å². The van der Waals surface area contributed by atoms with E-state index in [1.165, 1.54) is 0 Å². The molecule has 0 atom stereocenters. The summed E-state index contributed by atoms with van der Waals surface area (Å²) in [7, 11) is 0. The molecule has 0 spiro atoms. The van der Waals surface area contributed by atoms with Crippen LogP contribution in [0.5, 0.6) is 0 Å². The second kappa shape index (κ2) is 7.34. The Balaban J connectivity index is 0.00000200. The molecule has 0 bridgehead atoms. The van der Waals surface area contributed by atoms with Gasteiger partial charge in [-0.3, -0.25) is 14.6 Å². The van der Waals surface area contributed by atoms with Crippen molar-refractivity contribution in [1.82, 2.24) is 10.6 Å². The highest BCUT2D eigenvalue weighted by molar-refractivity contribution is 5.99. The minimum absolute atomic E-state index is 0. The van der Waals surface area contributed by atoms with Gasteiger partial charge >= 0.3 is 5.97 Å². The first kappa shape index (κ1) is 15.8. The molecule has 0 saturated heterocycles. The topological polar surface area (TPSA) is 103 Å². The lowest BCUT2D eigenvalue weighted by Gasteiger charge is -2.08. The highest BCUT2D eigenvalue weighted by Crippen LogP contribution is 2.10. The lowest BCUT2D eigenvalue weighted by atomic mass is 10.2.